The first-order valence-electron chi connectivity index (χ1n) is 7.70. The van der Waals surface area contributed by atoms with Crippen LogP contribution >= 0.6 is 0 Å². The van der Waals surface area contributed by atoms with Crippen LogP contribution in [0.5, 0.6) is 0 Å². The van der Waals surface area contributed by atoms with Crippen LogP contribution in [-0.2, 0) is 0 Å². The summed E-state index contributed by atoms with van der Waals surface area (Å²) in [6.07, 6.45) is 8.45. The van der Waals surface area contributed by atoms with Crippen LogP contribution in [0, 0.1) is 5.41 Å². The molecule has 3 N–H and O–H groups in total. The van der Waals surface area contributed by atoms with E-state index in [2.05, 4.69) is 18.7 Å². The van der Waals surface area contributed by atoms with Crippen LogP contribution in [-0.4, -0.2) is 41.3 Å². The number of rotatable bonds is 4. The van der Waals surface area contributed by atoms with Crippen LogP contribution in [0.25, 0.3) is 0 Å². The molecule has 2 atom stereocenters. The average molecular weight is 254 g/mol. The second kappa shape index (κ2) is 5.48. The Hall–Kier alpha value is -0.120. The number of hydrogen-bond donors (Lipinski definition) is 2. The molecule has 18 heavy (non-hydrogen) atoms. The van der Waals surface area contributed by atoms with E-state index in [1.807, 2.05) is 0 Å². The number of hydrogen-bond acceptors (Lipinski definition) is 3. The van der Waals surface area contributed by atoms with Crippen molar-refractivity contribution in [2.75, 3.05) is 19.7 Å². The SMILES string of the molecule is CCC1(CC)CCN(C2CCC(N)(CO)C2)CC1. The second-order valence-corrected chi connectivity index (χ2v) is 6.66. The molecule has 1 saturated heterocycles. The van der Waals surface area contributed by atoms with Crippen LogP contribution in [0.15, 0.2) is 0 Å². The normalized spacial score (nSPS) is 37.0. The lowest BCUT2D eigenvalue weighted by Crippen LogP contribution is -2.47. The molecule has 2 unspecified atom stereocenters. The lowest BCUT2D eigenvalue weighted by atomic mass is 9.74. The third kappa shape index (κ3) is 2.73. The Morgan fingerprint density at radius 3 is 2.22 bits per heavy atom. The standard InChI is InChI=1S/C15H30N2O/c1-3-14(4-2)7-9-17(10-8-14)13-5-6-15(16,11-13)12-18/h13,18H,3-12,16H2,1-2H3. The second-order valence-electron chi connectivity index (χ2n) is 6.66. The molecule has 2 fully saturated rings. The van der Waals surface area contributed by atoms with Gasteiger partial charge in [-0.3, -0.25) is 0 Å². The molecule has 106 valence electrons. The Balaban J connectivity index is 1.87. The van der Waals surface area contributed by atoms with Crippen molar-refractivity contribution in [2.45, 2.75) is 70.4 Å². The Morgan fingerprint density at radius 1 is 1.17 bits per heavy atom. The van der Waals surface area contributed by atoms with Crippen LogP contribution < -0.4 is 5.73 Å². The molecule has 1 saturated carbocycles. The topological polar surface area (TPSA) is 49.5 Å². The molecule has 3 nitrogen and oxygen atoms in total. The van der Waals surface area contributed by atoms with Gasteiger partial charge in [-0.25, -0.2) is 0 Å². The molecule has 0 aromatic carbocycles. The molecule has 0 radical (unpaired) electrons. The highest BCUT2D eigenvalue weighted by atomic mass is 16.3. The summed E-state index contributed by atoms with van der Waals surface area (Å²) in [7, 11) is 0. The Bertz CT molecular complexity index is 268. The molecule has 1 aliphatic carbocycles. The molecule has 3 heteroatoms. The quantitative estimate of drug-likeness (QED) is 0.808. The van der Waals surface area contributed by atoms with E-state index < -0.39 is 0 Å². The van der Waals surface area contributed by atoms with E-state index in [-0.39, 0.29) is 12.1 Å². The number of aliphatic hydroxyl groups is 1. The minimum Gasteiger partial charge on any atom is -0.394 e. The van der Waals surface area contributed by atoms with Gasteiger partial charge in [0.05, 0.1) is 6.61 Å². The van der Waals surface area contributed by atoms with Crippen molar-refractivity contribution in [1.29, 1.82) is 0 Å². The van der Waals surface area contributed by atoms with Crippen LogP contribution in [0.3, 0.4) is 0 Å². The third-order valence-corrected chi connectivity index (χ3v) is 5.81. The van der Waals surface area contributed by atoms with E-state index in [1.165, 1.54) is 45.2 Å². The van der Waals surface area contributed by atoms with E-state index in [0.29, 0.717) is 11.5 Å². The van der Waals surface area contributed by atoms with Gasteiger partial charge in [-0.1, -0.05) is 26.7 Å². The number of piperidine rings is 1. The predicted octanol–water partition coefficient (Wildman–Crippen LogP) is 2.13. The summed E-state index contributed by atoms with van der Waals surface area (Å²) in [5, 5.41) is 9.36. The molecule has 0 spiro atoms. The molecule has 0 aromatic heterocycles. The first-order valence-corrected chi connectivity index (χ1v) is 7.70. The van der Waals surface area contributed by atoms with Gasteiger partial charge < -0.3 is 15.7 Å². The average Bonchev–Trinajstić information content (AvgIpc) is 2.82. The van der Waals surface area contributed by atoms with Gasteiger partial charge >= 0.3 is 0 Å². The van der Waals surface area contributed by atoms with Gasteiger partial charge in [0, 0.05) is 11.6 Å². The van der Waals surface area contributed by atoms with Gasteiger partial charge in [-0.2, -0.15) is 0 Å². The van der Waals surface area contributed by atoms with Gasteiger partial charge in [-0.15, -0.1) is 0 Å². The van der Waals surface area contributed by atoms with Crippen molar-refractivity contribution >= 4 is 0 Å². The highest BCUT2D eigenvalue weighted by molar-refractivity contribution is 4.98. The van der Waals surface area contributed by atoms with E-state index >= 15 is 0 Å². The fourth-order valence-electron chi connectivity index (χ4n) is 3.90. The fraction of sp³-hybridized carbons (Fsp3) is 1.00. The molecular weight excluding hydrogens is 224 g/mol. The van der Waals surface area contributed by atoms with Crippen molar-refractivity contribution < 1.29 is 5.11 Å². The van der Waals surface area contributed by atoms with Crippen molar-refractivity contribution in [2.24, 2.45) is 11.1 Å². The molecule has 2 rings (SSSR count). The van der Waals surface area contributed by atoms with Gasteiger partial charge in [0.25, 0.3) is 0 Å². The lowest BCUT2D eigenvalue weighted by Gasteiger charge is -2.43. The summed E-state index contributed by atoms with van der Waals surface area (Å²) in [6.45, 7) is 7.28. The van der Waals surface area contributed by atoms with E-state index in [1.54, 1.807) is 0 Å². The number of aliphatic hydroxyl groups excluding tert-OH is 1. The zero-order valence-electron chi connectivity index (χ0n) is 12.1. The Labute approximate surface area is 112 Å². The summed E-state index contributed by atoms with van der Waals surface area (Å²) in [4.78, 5) is 2.63. The molecule has 2 aliphatic rings. The lowest BCUT2D eigenvalue weighted by molar-refractivity contribution is 0.0640. The first-order chi connectivity index (χ1) is 8.56. The Morgan fingerprint density at radius 2 is 1.78 bits per heavy atom. The fourth-order valence-corrected chi connectivity index (χ4v) is 3.90. The van der Waals surface area contributed by atoms with Crippen LogP contribution in [0.1, 0.15) is 58.8 Å². The Kier molecular flexibility index (Phi) is 4.35. The largest absolute Gasteiger partial charge is 0.394 e. The molecule has 0 bridgehead atoms. The third-order valence-electron chi connectivity index (χ3n) is 5.81. The van der Waals surface area contributed by atoms with Crippen molar-refractivity contribution in [3.8, 4) is 0 Å². The highest BCUT2D eigenvalue weighted by Crippen LogP contribution is 2.40. The maximum absolute atomic E-state index is 9.36. The van der Waals surface area contributed by atoms with Gasteiger partial charge in [-0.05, 0) is 50.6 Å². The summed E-state index contributed by atoms with van der Waals surface area (Å²) in [5.41, 5.74) is 6.49. The summed E-state index contributed by atoms with van der Waals surface area (Å²) in [5.74, 6) is 0. The molecule has 1 aliphatic heterocycles. The van der Waals surface area contributed by atoms with Crippen molar-refractivity contribution in [3.63, 3.8) is 0 Å². The number of likely N-dealkylation sites (tertiary alicyclic amines) is 1. The van der Waals surface area contributed by atoms with E-state index in [0.717, 1.165) is 12.8 Å². The zero-order valence-corrected chi connectivity index (χ0v) is 12.1. The highest BCUT2D eigenvalue weighted by Gasteiger charge is 2.40. The van der Waals surface area contributed by atoms with E-state index in [9.17, 15) is 5.11 Å². The van der Waals surface area contributed by atoms with Crippen molar-refractivity contribution in [1.82, 2.24) is 4.90 Å². The predicted molar refractivity (Wildman–Crippen MR) is 75.5 cm³/mol. The van der Waals surface area contributed by atoms with Crippen LogP contribution in [0.2, 0.25) is 0 Å². The van der Waals surface area contributed by atoms with Gasteiger partial charge in [0.1, 0.15) is 0 Å². The summed E-state index contributed by atoms with van der Waals surface area (Å²) in [6, 6.07) is 0.619. The van der Waals surface area contributed by atoms with Crippen molar-refractivity contribution in [3.05, 3.63) is 0 Å². The maximum Gasteiger partial charge on any atom is 0.0611 e. The molecule has 0 amide bonds. The van der Waals surface area contributed by atoms with Gasteiger partial charge in [0.2, 0.25) is 0 Å². The summed E-state index contributed by atoms with van der Waals surface area (Å²) >= 11 is 0. The molecule has 0 aromatic rings. The molecular formula is C15H30N2O. The number of nitrogens with zero attached hydrogens (tertiary/aromatic N) is 1. The monoisotopic (exact) mass is 254 g/mol. The van der Waals surface area contributed by atoms with Gasteiger partial charge in [0.15, 0.2) is 0 Å². The maximum atomic E-state index is 9.36. The summed E-state index contributed by atoms with van der Waals surface area (Å²) < 4.78 is 0. The smallest absolute Gasteiger partial charge is 0.0611 e. The first kappa shape index (κ1) is 14.3. The number of nitrogens with two attached hydrogens (primary N) is 1. The van der Waals surface area contributed by atoms with Crippen LogP contribution in [0.4, 0.5) is 0 Å². The zero-order chi connectivity index (χ0) is 13.2. The minimum atomic E-state index is -0.297. The molecule has 1 heterocycles. The minimum absolute atomic E-state index is 0.144. The van der Waals surface area contributed by atoms with E-state index in [4.69, 9.17) is 5.73 Å².